The minimum Gasteiger partial charge on any atom is -0.507 e. The van der Waals surface area contributed by atoms with E-state index in [-0.39, 0.29) is 35.3 Å². The second-order valence-corrected chi connectivity index (χ2v) is 12.8. The maximum Gasteiger partial charge on any atom is 0.488 e. The highest BCUT2D eigenvalue weighted by Crippen LogP contribution is 2.52. The van der Waals surface area contributed by atoms with Gasteiger partial charge < -0.3 is 24.8 Å². The molecular formula is C34H34B2BrNO7. The van der Waals surface area contributed by atoms with Crippen molar-refractivity contribution in [3.05, 3.63) is 99.5 Å². The van der Waals surface area contributed by atoms with Gasteiger partial charge >= 0.3 is 14.2 Å². The molecule has 2 aliphatic heterocycles. The Bertz CT molecular complexity index is 1680. The van der Waals surface area contributed by atoms with Crippen LogP contribution in [0.1, 0.15) is 43.7 Å². The van der Waals surface area contributed by atoms with Crippen molar-refractivity contribution in [1.82, 2.24) is 0 Å². The predicted molar refractivity (Wildman–Crippen MR) is 178 cm³/mol. The number of carbonyl (C=O) groups excluding carboxylic acids is 2. The van der Waals surface area contributed by atoms with Crippen LogP contribution in [0.5, 0.6) is 5.75 Å². The molecule has 6 rings (SSSR count). The smallest absolute Gasteiger partial charge is 0.488 e. The molecule has 0 unspecified atom stereocenters. The van der Waals surface area contributed by atoms with E-state index in [4.69, 9.17) is 4.65 Å². The Morgan fingerprint density at radius 2 is 1.82 bits per heavy atom. The Labute approximate surface area is 271 Å². The summed E-state index contributed by atoms with van der Waals surface area (Å²) in [5.41, 5.74) is 5.24. The summed E-state index contributed by atoms with van der Waals surface area (Å²) >= 11 is 3.49. The summed E-state index contributed by atoms with van der Waals surface area (Å²) in [6.07, 6.45) is 3.94. The van der Waals surface area contributed by atoms with Gasteiger partial charge in [-0.05, 0) is 96.5 Å². The fourth-order valence-electron chi connectivity index (χ4n) is 7.25. The van der Waals surface area contributed by atoms with Crippen molar-refractivity contribution in [2.45, 2.75) is 45.0 Å². The quantitative estimate of drug-likeness (QED) is 0.120. The van der Waals surface area contributed by atoms with Crippen molar-refractivity contribution < 1.29 is 34.4 Å². The van der Waals surface area contributed by atoms with E-state index in [2.05, 4.69) is 15.9 Å². The SMILES string of the molecule is CCC1=C2[C@@H](CC/C(=C/c3cc(Br)ccc3O)c3ccccc3)OB(O)C[C@@H]2[C@@H]2C(=O)N(c3cccc(B(O)O)c3)C(=O)[C@@H]2C1. The van der Waals surface area contributed by atoms with Crippen LogP contribution in [0, 0.1) is 17.8 Å². The summed E-state index contributed by atoms with van der Waals surface area (Å²) < 4.78 is 7.03. The highest BCUT2D eigenvalue weighted by Gasteiger charge is 2.57. The molecule has 45 heavy (non-hydrogen) atoms. The second kappa shape index (κ2) is 13.1. The van der Waals surface area contributed by atoms with Crippen LogP contribution >= 0.6 is 15.9 Å². The van der Waals surface area contributed by atoms with Crippen LogP contribution in [0.25, 0.3) is 11.6 Å². The zero-order valence-corrected chi connectivity index (χ0v) is 26.4. The summed E-state index contributed by atoms with van der Waals surface area (Å²) in [5, 5.41) is 40.9. The van der Waals surface area contributed by atoms with Gasteiger partial charge in [-0.2, -0.15) is 0 Å². The van der Waals surface area contributed by atoms with Gasteiger partial charge in [-0.1, -0.05) is 70.9 Å². The van der Waals surface area contributed by atoms with Crippen molar-refractivity contribution in [2.24, 2.45) is 17.8 Å². The highest BCUT2D eigenvalue weighted by atomic mass is 79.9. The first-order valence-corrected chi connectivity index (χ1v) is 16.1. The van der Waals surface area contributed by atoms with E-state index < -0.39 is 32.2 Å². The first-order valence-electron chi connectivity index (χ1n) is 15.3. The summed E-state index contributed by atoms with van der Waals surface area (Å²) in [7, 11) is -2.82. The lowest BCUT2D eigenvalue weighted by molar-refractivity contribution is -0.122. The maximum atomic E-state index is 14.0. The molecule has 0 aromatic heterocycles. The van der Waals surface area contributed by atoms with Crippen LogP contribution in [0.2, 0.25) is 6.32 Å². The monoisotopic (exact) mass is 669 g/mol. The number of carbonyl (C=O) groups is 2. The zero-order valence-electron chi connectivity index (χ0n) is 24.8. The lowest BCUT2D eigenvalue weighted by Gasteiger charge is -2.43. The number of imide groups is 1. The number of amides is 2. The van der Waals surface area contributed by atoms with Crippen molar-refractivity contribution in [3.8, 4) is 5.75 Å². The number of fused-ring (bicyclic) bond motifs is 3. The van der Waals surface area contributed by atoms with E-state index in [0.717, 1.165) is 26.8 Å². The van der Waals surface area contributed by atoms with E-state index in [1.807, 2.05) is 49.4 Å². The number of allylic oxidation sites excluding steroid dienone is 2. The molecule has 1 aliphatic carbocycles. The lowest BCUT2D eigenvalue weighted by atomic mass is 9.58. The standard InChI is InChI=1S/C34H34B2BrNO7/c1-2-20-17-27-32(34(41)38(33(27)40)26-10-6-9-24(18-26)36(43)44)28-19-35(42)45-30(31(20)28)14-11-22(21-7-4-3-5-8-21)15-23-16-25(37)12-13-29(23)39/h3-10,12-13,15-16,18,27-28,30,32,39,42-44H,2,11,14,17,19H2,1H3/b22-15-/t27-,28+,30-,32-/m1/s1. The number of anilines is 1. The fourth-order valence-corrected chi connectivity index (χ4v) is 7.63. The van der Waals surface area contributed by atoms with Crippen molar-refractivity contribution in [3.63, 3.8) is 0 Å². The van der Waals surface area contributed by atoms with Crippen molar-refractivity contribution in [1.29, 1.82) is 0 Å². The number of hydrogen-bond donors (Lipinski definition) is 4. The van der Waals surface area contributed by atoms with Crippen LogP contribution in [-0.4, -0.2) is 52.3 Å². The second-order valence-electron chi connectivity index (χ2n) is 11.9. The molecule has 4 atom stereocenters. The summed E-state index contributed by atoms with van der Waals surface area (Å²) in [4.78, 5) is 28.9. The van der Waals surface area contributed by atoms with Gasteiger partial charge in [-0.15, -0.1) is 0 Å². The van der Waals surface area contributed by atoms with E-state index in [9.17, 15) is 29.8 Å². The molecule has 0 spiro atoms. The van der Waals surface area contributed by atoms with Crippen LogP contribution in [0.15, 0.2) is 88.4 Å². The molecular weight excluding hydrogens is 636 g/mol. The average Bonchev–Trinajstić information content (AvgIpc) is 3.29. The Hall–Kier alpha value is -3.47. The van der Waals surface area contributed by atoms with Crippen molar-refractivity contribution in [2.75, 3.05) is 4.90 Å². The molecule has 11 heteroatoms. The molecule has 3 aromatic carbocycles. The molecule has 2 amide bonds. The lowest BCUT2D eigenvalue weighted by Crippen LogP contribution is -2.46. The van der Waals surface area contributed by atoms with Gasteiger partial charge in [0.05, 0.1) is 23.6 Å². The molecule has 2 heterocycles. The molecule has 0 bridgehead atoms. The average molecular weight is 670 g/mol. The van der Waals surface area contributed by atoms with Gasteiger partial charge in [0.25, 0.3) is 0 Å². The predicted octanol–water partition coefficient (Wildman–Crippen LogP) is 4.57. The number of phenolic OH excluding ortho intramolecular Hbond substituents is 1. The molecule has 3 aromatic rings. The molecule has 3 aliphatic rings. The highest BCUT2D eigenvalue weighted by molar-refractivity contribution is 9.10. The zero-order chi connectivity index (χ0) is 31.8. The summed E-state index contributed by atoms with van der Waals surface area (Å²) in [5.74, 6) is -2.05. The van der Waals surface area contributed by atoms with Crippen LogP contribution in [-0.2, 0) is 14.2 Å². The first-order chi connectivity index (χ1) is 21.7. The third-order valence-electron chi connectivity index (χ3n) is 9.30. The van der Waals surface area contributed by atoms with E-state index in [0.29, 0.717) is 36.9 Å². The molecule has 0 saturated carbocycles. The minimum atomic E-state index is -1.73. The number of halogens is 1. The largest absolute Gasteiger partial charge is 0.507 e. The molecule has 230 valence electrons. The number of phenols is 1. The number of hydrogen-bond acceptors (Lipinski definition) is 7. The van der Waals surface area contributed by atoms with Crippen LogP contribution < -0.4 is 10.4 Å². The van der Waals surface area contributed by atoms with E-state index in [1.165, 1.54) is 17.0 Å². The van der Waals surface area contributed by atoms with Gasteiger partial charge in [0.15, 0.2) is 0 Å². The fraction of sp³-hybridized carbons (Fsp3) is 0.294. The number of benzene rings is 3. The Morgan fingerprint density at radius 3 is 2.56 bits per heavy atom. The van der Waals surface area contributed by atoms with Crippen molar-refractivity contribution >= 4 is 64.8 Å². The van der Waals surface area contributed by atoms with Crippen LogP contribution in [0.3, 0.4) is 0 Å². The summed E-state index contributed by atoms with van der Waals surface area (Å²) in [6.45, 7) is 2.04. The topological polar surface area (TPSA) is 128 Å². The van der Waals surface area contributed by atoms with Gasteiger partial charge in [-0.25, -0.2) is 0 Å². The minimum absolute atomic E-state index is 0.165. The number of nitrogens with zero attached hydrogens (tertiary/aromatic N) is 1. The van der Waals surface area contributed by atoms with Crippen LogP contribution in [0.4, 0.5) is 5.69 Å². The third-order valence-corrected chi connectivity index (χ3v) is 9.79. The Morgan fingerprint density at radius 1 is 1.04 bits per heavy atom. The molecule has 4 N–H and O–H groups in total. The van der Waals surface area contributed by atoms with Gasteiger partial charge in [0.2, 0.25) is 11.8 Å². The molecule has 2 fully saturated rings. The molecule has 0 radical (unpaired) electrons. The number of rotatable bonds is 8. The van der Waals surface area contributed by atoms with Gasteiger partial charge in [-0.3, -0.25) is 14.5 Å². The normalized spacial score (nSPS) is 23.4. The molecule has 2 saturated heterocycles. The maximum absolute atomic E-state index is 14.0. The third kappa shape index (κ3) is 6.20. The Balaban J connectivity index is 1.32. The van der Waals surface area contributed by atoms with E-state index in [1.54, 1.807) is 24.3 Å². The Kier molecular flexibility index (Phi) is 9.17. The molecule has 8 nitrogen and oxygen atoms in total. The van der Waals surface area contributed by atoms with E-state index >= 15 is 0 Å². The number of aromatic hydroxyl groups is 1. The van der Waals surface area contributed by atoms with Gasteiger partial charge in [0.1, 0.15) is 5.75 Å². The summed E-state index contributed by atoms with van der Waals surface area (Å²) in [6, 6.07) is 21.4. The first kappa shape index (κ1) is 31.5. The van der Waals surface area contributed by atoms with Gasteiger partial charge in [0, 0.05) is 10.0 Å².